The number of urea groups is 1. The van der Waals surface area contributed by atoms with Crippen LogP contribution in [0, 0.1) is 5.92 Å². The molecule has 0 fully saturated rings. The van der Waals surface area contributed by atoms with Crippen LogP contribution >= 0.6 is 15.9 Å². The zero-order valence-electron chi connectivity index (χ0n) is 12.7. The maximum Gasteiger partial charge on any atom is 0.337 e. The Kier molecular flexibility index (Phi) is 6.20. The third kappa shape index (κ3) is 5.04. The molecule has 1 rings (SSSR count). The van der Waals surface area contributed by atoms with E-state index in [9.17, 15) is 14.7 Å². The molecule has 0 unspecified atom stereocenters. The molecule has 0 heterocycles. The van der Waals surface area contributed by atoms with E-state index in [0.29, 0.717) is 16.9 Å². The van der Waals surface area contributed by atoms with E-state index in [-0.39, 0.29) is 23.3 Å². The number of carboxylic acids is 1. The number of benzene rings is 1. The first-order valence-electron chi connectivity index (χ1n) is 6.82. The van der Waals surface area contributed by atoms with Crippen LogP contribution in [0.5, 0.6) is 0 Å². The molecular weight excluding hydrogens is 336 g/mol. The summed E-state index contributed by atoms with van der Waals surface area (Å²) in [6.07, 6.45) is 0. The fourth-order valence-electron chi connectivity index (χ4n) is 1.92. The van der Waals surface area contributed by atoms with Crippen LogP contribution in [0.1, 0.15) is 38.1 Å². The lowest BCUT2D eigenvalue weighted by Gasteiger charge is -2.28. The molecule has 116 valence electrons. The molecule has 0 aromatic heterocycles. The molecule has 0 aliphatic heterocycles. The molecule has 5 nitrogen and oxygen atoms in total. The number of carboxylic acid groups (broad SMARTS) is 1. The van der Waals surface area contributed by atoms with Crippen molar-refractivity contribution in [2.24, 2.45) is 5.92 Å². The molecule has 0 atom stereocenters. The van der Waals surface area contributed by atoms with Crippen LogP contribution in [0.15, 0.2) is 22.7 Å². The zero-order chi connectivity index (χ0) is 16.2. The quantitative estimate of drug-likeness (QED) is 0.835. The molecule has 6 heteroatoms. The van der Waals surface area contributed by atoms with Crippen LogP contribution in [0.4, 0.5) is 10.5 Å². The van der Waals surface area contributed by atoms with Crippen molar-refractivity contribution in [1.82, 2.24) is 4.90 Å². The summed E-state index contributed by atoms with van der Waals surface area (Å²) < 4.78 is 0.711. The van der Waals surface area contributed by atoms with Gasteiger partial charge < -0.3 is 15.3 Å². The van der Waals surface area contributed by atoms with Gasteiger partial charge in [-0.15, -0.1) is 0 Å². The van der Waals surface area contributed by atoms with Gasteiger partial charge in [-0.05, 0) is 38.0 Å². The average Bonchev–Trinajstić information content (AvgIpc) is 2.34. The Bertz CT molecular complexity index is 530. The van der Waals surface area contributed by atoms with E-state index in [4.69, 9.17) is 0 Å². The monoisotopic (exact) mass is 356 g/mol. The SMILES string of the molecule is CC(C)CN(C(=O)Nc1cc(Br)ccc1C(=O)O)C(C)C. The maximum atomic E-state index is 12.4. The minimum absolute atomic E-state index is 0.0350. The summed E-state index contributed by atoms with van der Waals surface area (Å²) in [6.45, 7) is 8.54. The molecular formula is C15H21BrN2O3. The molecule has 0 saturated heterocycles. The van der Waals surface area contributed by atoms with Crippen molar-refractivity contribution >= 4 is 33.6 Å². The number of nitrogens with one attached hydrogen (secondary N) is 1. The number of aromatic carboxylic acids is 1. The van der Waals surface area contributed by atoms with Gasteiger partial charge in [0, 0.05) is 17.1 Å². The highest BCUT2D eigenvalue weighted by Gasteiger charge is 2.20. The minimum Gasteiger partial charge on any atom is -0.478 e. The first-order chi connectivity index (χ1) is 9.72. The summed E-state index contributed by atoms with van der Waals surface area (Å²) in [4.78, 5) is 25.3. The van der Waals surface area contributed by atoms with E-state index >= 15 is 0 Å². The number of rotatable bonds is 5. The van der Waals surface area contributed by atoms with Gasteiger partial charge in [0.25, 0.3) is 0 Å². The van der Waals surface area contributed by atoms with Crippen LogP contribution in [0.3, 0.4) is 0 Å². The highest BCUT2D eigenvalue weighted by atomic mass is 79.9. The Balaban J connectivity index is 3.00. The van der Waals surface area contributed by atoms with Crippen LogP contribution in [-0.4, -0.2) is 34.6 Å². The number of carbonyl (C=O) groups excluding carboxylic acids is 1. The number of hydrogen-bond acceptors (Lipinski definition) is 2. The molecule has 21 heavy (non-hydrogen) atoms. The summed E-state index contributed by atoms with van der Waals surface area (Å²) in [6, 6.07) is 4.43. The largest absolute Gasteiger partial charge is 0.478 e. The Morgan fingerprint density at radius 3 is 2.38 bits per heavy atom. The second-order valence-corrected chi connectivity index (χ2v) is 6.48. The predicted octanol–water partition coefficient (Wildman–Crippen LogP) is 4.05. The number of amides is 2. The minimum atomic E-state index is -1.07. The van der Waals surface area contributed by atoms with Gasteiger partial charge in [-0.3, -0.25) is 0 Å². The molecule has 1 aromatic rings. The van der Waals surface area contributed by atoms with E-state index in [1.165, 1.54) is 6.07 Å². The van der Waals surface area contributed by atoms with Crippen molar-refractivity contribution in [2.45, 2.75) is 33.7 Å². The average molecular weight is 357 g/mol. The van der Waals surface area contributed by atoms with Gasteiger partial charge in [0.2, 0.25) is 0 Å². The van der Waals surface area contributed by atoms with Crippen LogP contribution < -0.4 is 5.32 Å². The number of carbonyl (C=O) groups is 2. The lowest BCUT2D eigenvalue weighted by Crippen LogP contribution is -2.42. The van der Waals surface area contributed by atoms with Crippen molar-refractivity contribution < 1.29 is 14.7 Å². The van der Waals surface area contributed by atoms with Gasteiger partial charge in [0.1, 0.15) is 0 Å². The first kappa shape index (κ1) is 17.5. The standard InChI is InChI=1S/C15H21BrN2O3/c1-9(2)8-18(10(3)4)15(21)17-13-7-11(16)5-6-12(13)14(19)20/h5-7,9-10H,8H2,1-4H3,(H,17,21)(H,19,20). The lowest BCUT2D eigenvalue weighted by atomic mass is 10.1. The Morgan fingerprint density at radius 2 is 1.90 bits per heavy atom. The predicted molar refractivity (Wildman–Crippen MR) is 86.8 cm³/mol. The molecule has 1 aromatic carbocycles. The summed E-state index contributed by atoms with van der Waals surface area (Å²) in [5, 5.41) is 11.9. The fraction of sp³-hybridized carbons (Fsp3) is 0.467. The van der Waals surface area contributed by atoms with Crippen molar-refractivity contribution in [2.75, 3.05) is 11.9 Å². The van der Waals surface area contributed by atoms with E-state index in [1.54, 1.807) is 17.0 Å². The number of halogens is 1. The highest BCUT2D eigenvalue weighted by molar-refractivity contribution is 9.10. The third-order valence-electron chi connectivity index (χ3n) is 2.90. The second-order valence-electron chi connectivity index (χ2n) is 5.57. The van der Waals surface area contributed by atoms with Crippen molar-refractivity contribution in [3.05, 3.63) is 28.2 Å². The third-order valence-corrected chi connectivity index (χ3v) is 3.39. The van der Waals surface area contributed by atoms with Crippen molar-refractivity contribution in [1.29, 1.82) is 0 Å². The Morgan fingerprint density at radius 1 is 1.29 bits per heavy atom. The highest BCUT2D eigenvalue weighted by Crippen LogP contribution is 2.22. The molecule has 0 bridgehead atoms. The summed E-state index contributed by atoms with van der Waals surface area (Å²) in [5.41, 5.74) is 0.357. The van der Waals surface area contributed by atoms with Gasteiger partial charge in [-0.25, -0.2) is 9.59 Å². The molecule has 0 aliphatic carbocycles. The molecule has 0 spiro atoms. The van der Waals surface area contributed by atoms with Gasteiger partial charge >= 0.3 is 12.0 Å². The number of anilines is 1. The van der Waals surface area contributed by atoms with Gasteiger partial charge in [-0.1, -0.05) is 29.8 Å². The van der Waals surface area contributed by atoms with Crippen molar-refractivity contribution in [3.63, 3.8) is 0 Å². The Labute approximate surface area is 133 Å². The van der Waals surface area contributed by atoms with E-state index in [2.05, 4.69) is 21.2 Å². The normalized spacial score (nSPS) is 10.8. The smallest absolute Gasteiger partial charge is 0.337 e. The maximum absolute atomic E-state index is 12.4. The summed E-state index contributed by atoms with van der Waals surface area (Å²) >= 11 is 3.28. The lowest BCUT2D eigenvalue weighted by molar-refractivity contribution is 0.0698. The molecule has 0 aliphatic rings. The van der Waals surface area contributed by atoms with Crippen LogP contribution in [0.2, 0.25) is 0 Å². The number of nitrogens with zero attached hydrogens (tertiary/aromatic N) is 1. The van der Waals surface area contributed by atoms with Gasteiger partial charge in [-0.2, -0.15) is 0 Å². The summed E-state index contributed by atoms with van der Waals surface area (Å²) in [5.74, 6) is -0.739. The number of hydrogen-bond donors (Lipinski definition) is 2. The second kappa shape index (κ2) is 7.45. The van der Waals surface area contributed by atoms with Crippen LogP contribution in [-0.2, 0) is 0 Å². The van der Waals surface area contributed by atoms with Crippen LogP contribution in [0.25, 0.3) is 0 Å². The summed E-state index contributed by atoms with van der Waals surface area (Å²) in [7, 11) is 0. The van der Waals surface area contributed by atoms with E-state index < -0.39 is 5.97 Å². The van der Waals surface area contributed by atoms with Gasteiger partial charge in [0.15, 0.2) is 0 Å². The zero-order valence-corrected chi connectivity index (χ0v) is 14.3. The Hall–Kier alpha value is -1.56. The molecule has 2 amide bonds. The molecule has 0 radical (unpaired) electrons. The fourth-order valence-corrected chi connectivity index (χ4v) is 2.28. The van der Waals surface area contributed by atoms with E-state index in [1.807, 2.05) is 27.7 Å². The van der Waals surface area contributed by atoms with Gasteiger partial charge in [0.05, 0.1) is 11.3 Å². The molecule has 2 N–H and O–H groups in total. The topological polar surface area (TPSA) is 69.6 Å². The molecule has 0 saturated carbocycles. The first-order valence-corrected chi connectivity index (χ1v) is 7.62. The van der Waals surface area contributed by atoms with Crippen molar-refractivity contribution in [3.8, 4) is 0 Å². The van der Waals surface area contributed by atoms with E-state index in [0.717, 1.165) is 0 Å².